The first kappa shape index (κ1) is 23.5. The van der Waals surface area contributed by atoms with Crippen LogP contribution in [-0.4, -0.2) is 48.9 Å². The number of ether oxygens (including phenoxy) is 1. The van der Waals surface area contributed by atoms with Crippen LogP contribution in [0.3, 0.4) is 0 Å². The summed E-state index contributed by atoms with van der Waals surface area (Å²) in [5, 5.41) is 0.681. The Bertz CT molecular complexity index is 1390. The van der Waals surface area contributed by atoms with Crippen molar-refractivity contribution in [2.45, 2.75) is 29.9 Å². The summed E-state index contributed by atoms with van der Waals surface area (Å²) < 4.78 is 67.0. The van der Waals surface area contributed by atoms with Crippen molar-refractivity contribution in [2.75, 3.05) is 12.0 Å². The molecular formula is C22H18F3N3O5S. The number of aromatic nitrogens is 1. The number of fused-ring (bicyclic) bond motifs is 1. The van der Waals surface area contributed by atoms with E-state index in [1.807, 2.05) is 0 Å². The van der Waals surface area contributed by atoms with Gasteiger partial charge in [0, 0.05) is 18.1 Å². The van der Waals surface area contributed by atoms with Gasteiger partial charge in [0.05, 0.1) is 23.2 Å². The quantitative estimate of drug-likeness (QED) is 0.501. The molecule has 0 radical (unpaired) electrons. The van der Waals surface area contributed by atoms with Crippen LogP contribution < -0.4 is 9.64 Å². The first-order valence-electron chi connectivity index (χ1n) is 9.94. The number of benzene rings is 2. The lowest BCUT2D eigenvalue weighted by Crippen LogP contribution is -2.33. The molecule has 1 fully saturated rings. The number of hydrogen-bond donors (Lipinski definition) is 0. The number of sulfone groups is 1. The van der Waals surface area contributed by atoms with Crippen molar-refractivity contribution >= 4 is 38.4 Å². The molecule has 0 bridgehead atoms. The molecule has 1 atom stereocenters. The largest absolute Gasteiger partial charge is 0.501 e. The number of carbonyl (C=O) groups excluding carboxylic acids is 2. The second-order valence-electron chi connectivity index (χ2n) is 7.53. The fourth-order valence-electron chi connectivity index (χ4n) is 3.78. The highest BCUT2D eigenvalue weighted by Gasteiger charge is 2.47. The lowest BCUT2D eigenvalue weighted by atomic mass is 10.1. The predicted molar refractivity (Wildman–Crippen MR) is 116 cm³/mol. The van der Waals surface area contributed by atoms with E-state index in [1.54, 1.807) is 30.5 Å². The number of rotatable bonds is 5. The van der Waals surface area contributed by atoms with E-state index in [2.05, 4.69) is 4.98 Å². The molecule has 1 saturated heterocycles. The highest BCUT2D eigenvalue weighted by atomic mass is 32.2. The molecule has 1 aliphatic heterocycles. The van der Waals surface area contributed by atoms with Gasteiger partial charge in [-0.2, -0.15) is 13.2 Å². The maximum atomic E-state index is 13.1. The topological polar surface area (TPSA) is 96.9 Å². The minimum absolute atomic E-state index is 0.0392. The zero-order chi connectivity index (χ0) is 24.8. The normalized spacial score (nSPS) is 17.0. The second-order valence-corrected chi connectivity index (χ2v) is 9.47. The zero-order valence-corrected chi connectivity index (χ0v) is 18.7. The molecule has 1 unspecified atom stereocenters. The molecule has 8 nitrogen and oxygen atoms in total. The molecule has 0 saturated carbocycles. The van der Waals surface area contributed by atoms with Crippen molar-refractivity contribution in [3.63, 3.8) is 0 Å². The Hall–Kier alpha value is -3.67. The van der Waals surface area contributed by atoms with Gasteiger partial charge in [-0.05, 0) is 55.0 Å². The molecule has 0 spiro atoms. The first-order chi connectivity index (χ1) is 16.0. The summed E-state index contributed by atoms with van der Waals surface area (Å²) in [5.74, 6) is -0.0497. The molecule has 2 aromatic carbocycles. The third kappa shape index (κ3) is 3.73. The fourth-order valence-corrected chi connectivity index (χ4v) is 4.55. The maximum Gasteiger partial charge on any atom is 0.501 e. The van der Waals surface area contributed by atoms with Crippen molar-refractivity contribution in [2.24, 2.45) is 0 Å². The SMILES string of the molecule is COc1cccc2nccc(CN3C(=O)N(c4ccc(S(=O)(=O)C(F)(F)F)cc4)C(=O)C3C)c12. The number of urea groups is 1. The Morgan fingerprint density at radius 3 is 2.35 bits per heavy atom. The number of anilines is 1. The van der Waals surface area contributed by atoms with Gasteiger partial charge in [-0.1, -0.05) is 6.07 Å². The van der Waals surface area contributed by atoms with Crippen LogP contribution in [0.25, 0.3) is 10.9 Å². The molecule has 3 amide bonds. The van der Waals surface area contributed by atoms with Gasteiger partial charge in [-0.3, -0.25) is 9.78 Å². The molecular weight excluding hydrogens is 475 g/mol. The molecule has 178 valence electrons. The van der Waals surface area contributed by atoms with E-state index in [0.29, 0.717) is 34.3 Å². The lowest BCUT2D eigenvalue weighted by molar-refractivity contribution is -0.119. The number of nitrogens with zero attached hydrogens (tertiary/aromatic N) is 3. The second kappa shape index (κ2) is 8.28. The standard InChI is InChI=1S/C22H18F3N3O5S/c1-13-20(29)28(15-6-8-16(9-7-15)34(31,32)22(23,24)25)21(30)27(13)12-14-10-11-26-17-4-3-5-18(33-2)19(14)17/h3-11,13H,12H2,1-2H3. The summed E-state index contributed by atoms with van der Waals surface area (Å²) in [6, 6.07) is 8.87. The van der Waals surface area contributed by atoms with E-state index in [4.69, 9.17) is 4.74 Å². The zero-order valence-electron chi connectivity index (χ0n) is 17.9. The van der Waals surface area contributed by atoms with Crippen LogP contribution in [0, 0.1) is 0 Å². The maximum absolute atomic E-state index is 13.1. The minimum Gasteiger partial charge on any atom is -0.496 e. The Balaban J connectivity index is 1.66. The molecule has 34 heavy (non-hydrogen) atoms. The van der Waals surface area contributed by atoms with Gasteiger partial charge in [0.2, 0.25) is 0 Å². The van der Waals surface area contributed by atoms with Crippen molar-refractivity contribution < 1.29 is 35.9 Å². The van der Waals surface area contributed by atoms with Crippen LogP contribution in [0.2, 0.25) is 0 Å². The van der Waals surface area contributed by atoms with Crippen LogP contribution in [0.5, 0.6) is 5.75 Å². The molecule has 1 aromatic heterocycles. The number of hydrogen-bond acceptors (Lipinski definition) is 6. The van der Waals surface area contributed by atoms with Crippen molar-refractivity contribution in [1.82, 2.24) is 9.88 Å². The van der Waals surface area contributed by atoms with E-state index in [1.165, 1.54) is 18.9 Å². The summed E-state index contributed by atoms with van der Waals surface area (Å²) >= 11 is 0. The molecule has 3 aromatic rings. The average Bonchev–Trinajstić information content (AvgIpc) is 3.01. The molecule has 0 aliphatic carbocycles. The molecule has 2 heterocycles. The minimum atomic E-state index is -5.55. The molecule has 1 aliphatic rings. The van der Waals surface area contributed by atoms with Crippen LogP contribution >= 0.6 is 0 Å². The van der Waals surface area contributed by atoms with Crippen LogP contribution in [-0.2, 0) is 21.2 Å². The first-order valence-corrected chi connectivity index (χ1v) is 11.4. The summed E-state index contributed by atoms with van der Waals surface area (Å²) in [5.41, 5.74) is -4.18. The van der Waals surface area contributed by atoms with Gasteiger partial charge in [0.1, 0.15) is 11.8 Å². The monoisotopic (exact) mass is 493 g/mol. The number of imide groups is 1. The lowest BCUT2D eigenvalue weighted by Gasteiger charge is -2.21. The average molecular weight is 493 g/mol. The van der Waals surface area contributed by atoms with E-state index < -0.39 is 38.2 Å². The van der Waals surface area contributed by atoms with Gasteiger partial charge in [0.25, 0.3) is 15.7 Å². The number of carbonyl (C=O) groups is 2. The van der Waals surface area contributed by atoms with Crippen LogP contribution in [0.4, 0.5) is 23.7 Å². The fraction of sp³-hybridized carbons (Fsp3) is 0.227. The van der Waals surface area contributed by atoms with Gasteiger partial charge in [0.15, 0.2) is 0 Å². The van der Waals surface area contributed by atoms with Gasteiger partial charge < -0.3 is 9.64 Å². The van der Waals surface area contributed by atoms with Crippen molar-refractivity contribution in [1.29, 1.82) is 0 Å². The highest BCUT2D eigenvalue weighted by Crippen LogP contribution is 2.34. The third-order valence-electron chi connectivity index (χ3n) is 5.57. The molecule has 0 N–H and O–H groups in total. The Morgan fingerprint density at radius 2 is 1.74 bits per heavy atom. The number of methoxy groups -OCH3 is 1. The van der Waals surface area contributed by atoms with Gasteiger partial charge in [-0.25, -0.2) is 18.1 Å². The highest BCUT2D eigenvalue weighted by molar-refractivity contribution is 7.92. The summed E-state index contributed by atoms with van der Waals surface area (Å²) in [7, 11) is -4.05. The van der Waals surface area contributed by atoms with Crippen LogP contribution in [0.1, 0.15) is 12.5 Å². The van der Waals surface area contributed by atoms with Gasteiger partial charge >= 0.3 is 11.5 Å². The van der Waals surface area contributed by atoms with Gasteiger partial charge in [-0.15, -0.1) is 0 Å². The number of pyridine rings is 1. The summed E-state index contributed by atoms with van der Waals surface area (Å²) in [6.07, 6.45) is 1.57. The van der Waals surface area contributed by atoms with E-state index >= 15 is 0 Å². The Labute approximate surface area is 192 Å². The van der Waals surface area contributed by atoms with E-state index in [9.17, 15) is 31.2 Å². The Kier molecular flexibility index (Phi) is 5.72. The molecule has 4 rings (SSSR count). The van der Waals surface area contributed by atoms with Crippen LogP contribution in [0.15, 0.2) is 59.6 Å². The summed E-state index contributed by atoms with van der Waals surface area (Å²) in [6.45, 7) is 1.57. The number of halogens is 3. The van der Waals surface area contributed by atoms with E-state index in [0.717, 1.165) is 17.0 Å². The third-order valence-corrected chi connectivity index (χ3v) is 7.07. The summed E-state index contributed by atoms with van der Waals surface area (Å²) in [4.78, 5) is 31.5. The smallest absolute Gasteiger partial charge is 0.496 e. The molecule has 12 heteroatoms. The number of alkyl halides is 3. The van der Waals surface area contributed by atoms with Crippen molar-refractivity contribution in [3.8, 4) is 5.75 Å². The van der Waals surface area contributed by atoms with Crippen molar-refractivity contribution in [3.05, 3.63) is 60.3 Å². The predicted octanol–water partition coefficient (Wildman–Crippen LogP) is 3.89. The van der Waals surface area contributed by atoms with E-state index in [-0.39, 0.29) is 12.2 Å². The number of amides is 3. The Morgan fingerprint density at radius 1 is 1.06 bits per heavy atom.